The Morgan fingerprint density at radius 3 is 2.68 bits per heavy atom. The number of hydrogen-bond donors (Lipinski definition) is 2. The second kappa shape index (κ2) is 4.62. The molecule has 0 aliphatic carbocycles. The number of benzene rings is 1. The first-order valence-electron chi connectivity index (χ1n) is 6.95. The summed E-state index contributed by atoms with van der Waals surface area (Å²) < 4.78 is 5.91. The smallest absolute Gasteiger partial charge is 0.113 e. The predicted octanol–water partition coefficient (Wildman–Crippen LogP) is 2.55. The van der Waals surface area contributed by atoms with E-state index in [1.807, 2.05) is 12.1 Å². The van der Waals surface area contributed by atoms with E-state index in [0.29, 0.717) is 18.4 Å². The summed E-state index contributed by atoms with van der Waals surface area (Å²) in [4.78, 5) is 8.23. The Balaban J connectivity index is 2.06. The van der Waals surface area contributed by atoms with Crippen molar-refractivity contribution in [2.45, 2.75) is 45.4 Å². The number of rotatable bonds is 2. The quantitative estimate of drug-likeness (QED) is 0.871. The average Bonchev–Trinajstić information content (AvgIpc) is 2.90. The lowest BCUT2D eigenvalue weighted by Crippen LogP contribution is -2.16. The number of H-pyrrole nitrogens is 1. The van der Waals surface area contributed by atoms with Gasteiger partial charge >= 0.3 is 0 Å². The van der Waals surface area contributed by atoms with Crippen LogP contribution in [-0.4, -0.2) is 22.2 Å². The number of hydrogen-bond acceptors (Lipinski definition) is 3. The lowest BCUT2D eigenvalue weighted by Gasteiger charge is -2.15. The molecular formula is C15H21N3O. The van der Waals surface area contributed by atoms with E-state index in [4.69, 9.17) is 15.5 Å². The third kappa shape index (κ3) is 1.95. The van der Waals surface area contributed by atoms with Crippen LogP contribution in [0.2, 0.25) is 0 Å². The van der Waals surface area contributed by atoms with Gasteiger partial charge in [0.05, 0.1) is 23.2 Å². The fourth-order valence-electron chi connectivity index (χ4n) is 3.17. The highest BCUT2D eigenvalue weighted by molar-refractivity contribution is 5.78. The normalized spacial score (nSPS) is 31.2. The van der Waals surface area contributed by atoms with Crippen molar-refractivity contribution in [2.75, 3.05) is 0 Å². The highest BCUT2D eigenvalue weighted by Crippen LogP contribution is 2.39. The molecule has 2 heterocycles. The first-order chi connectivity index (χ1) is 9.11. The Morgan fingerprint density at radius 1 is 1.26 bits per heavy atom. The lowest BCUT2D eigenvalue weighted by atomic mass is 9.89. The van der Waals surface area contributed by atoms with Crippen LogP contribution < -0.4 is 5.73 Å². The molecule has 0 bridgehead atoms. The molecule has 1 saturated heterocycles. The summed E-state index contributed by atoms with van der Waals surface area (Å²) in [6, 6.07) is 6.11. The fraction of sp³-hybridized carbons (Fsp3) is 0.533. The zero-order valence-electron chi connectivity index (χ0n) is 11.7. The topological polar surface area (TPSA) is 63.9 Å². The molecule has 0 spiro atoms. The summed E-state index contributed by atoms with van der Waals surface area (Å²) in [5, 5.41) is 0. The van der Waals surface area contributed by atoms with Crippen LogP contribution in [0.3, 0.4) is 0 Å². The van der Waals surface area contributed by atoms with Crippen molar-refractivity contribution in [3.8, 4) is 0 Å². The van der Waals surface area contributed by atoms with Crippen molar-refractivity contribution in [1.29, 1.82) is 0 Å². The molecule has 0 radical (unpaired) electrons. The summed E-state index contributed by atoms with van der Waals surface area (Å²) in [6.07, 6.45) is 0.481. The van der Waals surface area contributed by atoms with Crippen molar-refractivity contribution in [2.24, 2.45) is 11.7 Å². The first kappa shape index (κ1) is 12.6. The number of aromatic nitrogens is 2. The maximum absolute atomic E-state index is 5.91. The van der Waals surface area contributed by atoms with Gasteiger partial charge in [0.25, 0.3) is 0 Å². The molecule has 4 unspecified atom stereocenters. The Hall–Kier alpha value is -1.39. The number of nitrogens with zero attached hydrogens (tertiary/aromatic N) is 1. The van der Waals surface area contributed by atoms with E-state index in [-0.39, 0.29) is 12.2 Å². The standard InChI is InChI=1S/C15H21N3O/c1-8-9(2)19-10(3)13(8)15-17-12-6-4-5-11(7-16)14(12)18-15/h4-6,8-10,13H,7,16H2,1-3H3,(H,17,18). The molecule has 3 N–H and O–H groups in total. The van der Waals surface area contributed by atoms with Crippen molar-refractivity contribution < 1.29 is 4.74 Å². The van der Waals surface area contributed by atoms with Crippen LogP contribution in [0, 0.1) is 5.92 Å². The van der Waals surface area contributed by atoms with Gasteiger partial charge in [-0.2, -0.15) is 0 Å². The monoisotopic (exact) mass is 259 g/mol. The Bertz CT molecular complexity index is 592. The summed E-state index contributed by atoms with van der Waals surface area (Å²) >= 11 is 0. The second-order valence-corrected chi connectivity index (χ2v) is 5.57. The third-order valence-corrected chi connectivity index (χ3v) is 4.39. The number of imidazole rings is 1. The molecule has 2 aromatic rings. The molecule has 1 aliphatic heterocycles. The van der Waals surface area contributed by atoms with E-state index in [1.165, 1.54) is 0 Å². The maximum atomic E-state index is 5.91. The first-order valence-corrected chi connectivity index (χ1v) is 6.95. The predicted molar refractivity (Wildman–Crippen MR) is 75.9 cm³/mol. The minimum absolute atomic E-state index is 0.201. The summed E-state index contributed by atoms with van der Waals surface area (Å²) in [5.74, 6) is 1.82. The van der Waals surface area contributed by atoms with Crippen LogP contribution in [0.15, 0.2) is 18.2 Å². The maximum Gasteiger partial charge on any atom is 0.113 e. The summed E-state index contributed by atoms with van der Waals surface area (Å²) in [7, 11) is 0. The van der Waals surface area contributed by atoms with Gasteiger partial charge in [-0.25, -0.2) is 4.98 Å². The molecule has 3 rings (SSSR count). The van der Waals surface area contributed by atoms with Gasteiger partial charge in [-0.05, 0) is 31.4 Å². The van der Waals surface area contributed by atoms with Gasteiger partial charge < -0.3 is 15.5 Å². The minimum atomic E-state index is 0.201. The number of nitrogens with two attached hydrogens (primary N) is 1. The van der Waals surface area contributed by atoms with E-state index in [1.54, 1.807) is 0 Å². The zero-order valence-corrected chi connectivity index (χ0v) is 11.7. The second-order valence-electron chi connectivity index (χ2n) is 5.57. The van der Waals surface area contributed by atoms with Gasteiger partial charge in [0, 0.05) is 12.5 Å². The number of fused-ring (bicyclic) bond motifs is 1. The molecule has 0 amide bonds. The van der Waals surface area contributed by atoms with Gasteiger partial charge in [-0.1, -0.05) is 19.1 Å². The molecule has 1 aromatic carbocycles. The molecule has 1 fully saturated rings. The van der Waals surface area contributed by atoms with E-state index in [2.05, 4.69) is 31.8 Å². The van der Waals surface area contributed by atoms with Crippen LogP contribution >= 0.6 is 0 Å². The molecule has 0 saturated carbocycles. The highest BCUT2D eigenvalue weighted by atomic mass is 16.5. The van der Waals surface area contributed by atoms with Crippen LogP contribution in [0.1, 0.15) is 38.1 Å². The van der Waals surface area contributed by atoms with Crippen LogP contribution in [0.5, 0.6) is 0 Å². The Kier molecular flexibility index (Phi) is 3.07. The number of ether oxygens (including phenoxy) is 1. The van der Waals surface area contributed by atoms with Crippen molar-refractivity contribution >= 4 is 11.0 Å². The number of para-hydroxylation sites is 1. The summed E-state index contributed by atoms with van der Waals surface area (Å²) in [5.41, 5.74) is 8.93. The largest absolute Gasteiger partial charge is 0.374 e. The van der Waals surface area contributed by atoms with E-state index in [9.17, 15) is 0 Å². The fourth-order valence-corrected chi connectivity index (χ4v) is 3.17. The van der Waals surface area contributed by atoms with Gasteiger partial charge in [-0.15, -0.1) is 0 Å². The van der Waals surface area contributed by atoms with Gasteiger partial charge in [0.2, 0.25) is 0 Å². The average molecular weight is 259 g/mol. The zero-order chi connectivity index (χ0) is 13.6. The van der Waals surface area contributed by atoms with E-state index in [0.717, 1.165) is 22.4 Å². The Morgan fingerprint density at radius 2 is 2.05 bits per heavy atom. The van der Waals surface area contributed by atoms with E-state index < -0.39 is 0 Å². The van der Waals surface area contributed by atoms with Crippen LogP contribution in [0.25, 0.3) is 11.0 Å². The summed E-state index contributed by atoms with van der Waals surface area (Å²) in [6.45, 7) is 7.01. The Labute approximate surface area is 113 Å². The van der Waals surface area contributed by atoms with Crippen molar-refractivity contribution in [3.05, 3.63) is 29.6 Å². The number of nitrogens with one attached hydrogen (secondary N) is 1. The van der Waals surface area contributed by atoms with E-state index >= 15 is 0 Å². The molecule has 4 atom stereocenters. The third-order valence-electron chi connectivity index (χ3n) is 4.39. The molecule has 4 heteroatoms. The molecule has 4 nitrogen and oxygen atoms in total. The molecule has 19 heavy (non-hydrogen) atoms. The SMILES string of the molecule is CC1OC(C)C(c2nc3c(CN)cccc3[nH]2)C1C. The van der Waals surface area contributed by atoms with Crippen LogP contribution in [0.4, 0.5) is 0 Å². The molecular weight excluding hydrogens is 238 g/mol. The minimum Gasteiger partial charge on any atom is -0.374 e. The van der Waals surface area contributed by atoms with Gasteiger partial charge in [0.15, 0.2) is 0 Å². The van der Waals surface area contributed by atoms with Crippen molar-refractivity contribution in [1.82, 2.24) is 9.97 Å². The molecule has 1 aliphatic rings. The molecule has 1 aromatic heterocycles. The van der Waals surface area contributed by atoms with Gasteiger partial charge in [-0.3, -0.25) is 0 Å². The molecule has 102 valence electrons. The van der Waals surface area contributed by atoms with Crippen LogP contribution in [-0.2, 0) is 11.3 Å². The number of aromatic amines is 1. The van der Waals surface area contributed by atoms with Crippen molar-refractivity contribution in [3.63, 3.8) is 0 Å². The van der Waals surface area contributed by atoms with Gasteiger partial charge in [0.1, 0.15) is 5.82 Å². The lowest BCUT2D eigenvalue weighted by molar-refractivity contribution is 0.0554. The highest BCUT2D eigenvalue weighted by Gasteiger charge is 2.39.